The zero-order valence-electron chi connectivity index (χ0n) is 13.9. The van der Waals surface area contributed by atoms with Crippen LogP contribution in [0.1, 0.15) is 58.4 Å². The Kier molecular flexibility index (Phi) is 9.71. The molecule has 120 valence electrons. The minimum Gasteiger partial charge on any atom is -0.493 e. The molecule has 0 bridgehead atoms. The Hall–Kier alpha value is -1.22. The van der Waals surface area contributed by atoms with Gasteiger partial charge in [0, 0.05) is 18.2 Å². The van der Waals surface area contributed by atoms with Crippen LogP contribution in [0.5, 0.6) is 11.5 Å². The molecule has 0 aliphatic carbocycles. The van der Waals surface area contributed by atoms with E-state index in [0.29, 0.717) is 0 Å². The van der Waals surface area contributed by atoms with Gasteiger partial charge in [-0.05, 0) is 25.5 Å². The second-order valence-corrected chi connectivity index (χ2v) is 5.31. The summed E-state index contributed by atoms with van der Waals surface area (Å²) in [6.45, 7) is 9.80. The molecule has 0 heterocycles. The molecule has 0 spiro atoms. The van der Waals surface area contributed by atoms with Crippen LogP contribution in [0, 0.1) is 0 Å². The molecule has 0 amide bonds. The van der Waals surface area contributed by atoms with Gasteiger partial charge in [0.1, 0.15) is 11.5 Å². The van der Waals surface area contributed by atoms with Crippen LogP contribution in [0.15, 0.2) is 18.2 Å². The number of benzene rings is 1. The second kappa shape index (κ2) is 11.4. The van der Waals surface area contributed by atoms with Gasteiger partial charge < -0.3 is 14.8 Å². The summed E-state index contributed by atoms with van der Waals surface area (Å²) in [4.78, 5) is 0. The quantitative estimate of drug-likeness (QED) is 0.574. The number of unbranched alkanes of at least 4 members (excludes halogenated alkanes) is 3. The minimum atomic E-state index is 0.752. The van der Waals surface area contributed by atoms with Crippen LogP contribution in [-0.4, -0.2) is 19.8 Å². The zero-order valence-corrected chi connectivity index (χ0v) is 13.9. The van der Waals surface area contributed by atoms with E-state index in [1.807, 2.05) is 12.1 Å². The first-order valence-electron chi connectivity index (χ1n) is 8.41. The van der Waals surface area contributed by atoms with Gasteiger partial charge in [-0.2, -0.15) is 0 Å². The normalized spacial score (nSPS) is 10.6. The molecule has 1 aromatic carbocycles. The van der Waals surface area contributed by atoms with Crippen molar-refractivity contribution in [3.63, 3.8) is 0 Å². The molecule has 0 unspecified atom stereocenters. The lowest BCUT2D eigenvalue weighted by Gasteiger charge is -2.14. The van der Waals surface area contributed by atoms with Crippen molar-refractivity contribution in [3.05, 3.63) is 23.8 Å². The smallest absolute Gasteiger partial charge is 0.127 e. The highest BCUT2D eigenvalue weighted by molar-refractivity contribution is 5.40. The minimum absolute atomic E-state index is 0.752. The highest BCUT2D eigenvalue weighted by Gasteiger charge is 2.06. The summed E-state index contributed by atoms with van der Waals surface area (Å²) in [5.74, 6) is 1.86. The van der Waals surface area contributed by atoms with E-state index >= 15 is 0 Å². The first-order valence-corrected chi connectivity index (χ1v) is 8.41. The van der Waals surface area contributed by atoms with Gasteiger partial charge >= 0.3 is 0 Å². The van der Waals surface area contributed by atoms with E-state index in [1.165, 1.54) is 24.8 Å². The molecular formula is C18H31NO2. The molecule has 0 radical (unpaired) electrons. The van der Waals surface area contributed by atoms with E-state index in [1.54, 1.807) is 0 Å². The van der Waals surface area contributed by atoms with E-state index in [-0.39, 0.29) is 0 Å². The maximum Gasteiger partial charge on any atom is 0.127 e. The Balaban J connectivity index is 2.60. The van der Waals surface area contributed by atoms with Crippen molar-refractivity contribution in [2.45, 2.75) is 59.4 Å². The van der Waals surface area contributed by atoms with Gasteiger partial charge in [0.05, 0.1) is 13.2 Å². The molecule has 1 rings (SSSR count). The van der Waals surface area contributed by atoms with E-state index in [0.717, 1.165) is 50.6 Å². The largest absolute Gasteiger partial charge is 0.493 e. The lowest BCUT2D eigenvalue weighted by Crippen LogP contribution is -2.13. The van der Waals surface area contributed by atoms with Crippen LogP contribution in [0.3, 0.4) is 0 Å². The van der Waals surface area contributed by atoms with Crippen molar-refractivity contribution in [1.29, 1.82) is 0 Å². The number of ether oxygens (including phenoxy) is 2. The molecule has 0 aliphatic rings. The molecule has 0 aliphatic heterocycles. The molecule has 0 aromatic heterocycles. The Morgan fingerprint density at radius 2 is 1.76 bits per heavy atom. The maximum atomic E-state index is 5.98. The van der Waals surface area contributed by atoms with Crippen LogP contribution >= 0.6 is 0 Å². The standard InChI is InChI=1S/C18H31NO2/c1-4-7-8-9-13-21-18-14-17(20-12-5-2)11-10-16(18)15-19-6-3/h10-11,14,19H,4-9,12-13,15H2,1-3H3. The summed E-state index contributed by atoms with van der Waals surface area (Å²) in [7, 11) is 0. The number of hydrogen-bond acceptors (Lipinski definition) is 3. The fourth-order valence-electron chi connectivity index (χ4n) is 2.10. The number of rotatable bonds is 12. The molecule has 21 heavy (non-hydrogen) atoms. The van der Waals surface area contributed by atoms with E-state index in [9.17, 15) is 0 Å². The van der Waals surface area contributed by atoms with Crippen molar-refractivity contribution < 1.29 is 9.47 Å². The van der Waals surface area contributed by atoms with Gasteiger partial charge in [-0.15, -0.1) is 0 Å². The Morgan fingerprint density at radius 1 is 0.905 bits per heavy atom. The van der Waals surface area contributed by atoms with Crippen LogP contribution in [0.4, 0.5) is 0 Å². The van der Waals surface area contributed by atoms with Crippen LogP contribution in [0.25, 0.3) is 0 Å². The molecule has 3 heteroatoms. The van der Waals surface area contributed by atoms with Gasteiger partial charge in [-0.25, -0.2) is 0 Å². The molecule has 0 fully saturated rings. The van der Waals surface area contributed by atoms with Crippen molar-refractivity contribution in [3.8, 4) is 11.5 Å². The zero-order chi connectivity index (χ0) is 15.3. The van der Waals surface area contributed by atoms with E-state index in [4.69, 9.17) is 9.47 Å². The molecule has 0 saturated carbocycles. The topological polar surface area (TPSA) is 30.5 Å². The second-order valence-electron chi connectivity index (χ2n) is 5.31. The Bertz CT molecular complexity index is 379. The summed E-state index contributed by atoms with van der Waals surface area (Å²) in [6, 6.07) is 6.17. The van der Waals surface area contributed by atoms with Gasteiger partial charge in [-0.3, -0.25) is 0 Å². The predicted octanol–water partition coefficient (Wildman–Crippen LogP) is 4.54. The summed E-state index contributed by atoms with van der Waals surface area (Å²) >= 11 is 0. The fourth-order valence-corrected chi connectivity index (χ4v) is 2.10. The lowest BCUT2D eigenvalue weighted by atomic mass is 10.2. The molecule has 1 N–H and O–H groups in total. The third kappa shape index (κ3) is 7.37. The van der Waals surface area contributed by atoms with E-state index < -0.39 is 0 Å². The van der Waals surface area contributed by atoms with E-state index in [2.05, 4.69) is 32.2 Å². The summed E-state index contributed by atoms with van der Waals surface area (Å²) in [5, 5.41) is 3.36. The summed E-state index contributed by atoms with van der Waals surface area (Å²) in [6.07, 6.45) is 5.92. The lowest BCUT2D eigenvalue weighted by molar-refractivity contribution is 0.292. The first kappa shape index (κ1) is 17.8. The number of nitrogens with one attached hydrogen (secondary N) is 1. The third-order valence-electron chi connectivity index (χ3n) is 3.33. The van der Waals surface area contributed by atoms with Crippen molar-refractivity contribution in [1.82, 2.24) is 5.32 Å². The van der Waals surface area contributed by atoms with Crippen LogP contribution in [0.2, 0.25) is 0 Å². The summed E-state index contributed by atoms with van der Waals surface area (Å²) < 4.78 is 11.7. The van der Waals surface area contributed by atoms with Crippen molar-refractivity contribution in [2.24, 2.45) is 0 Å². The molecular weight excluding hydrogens is 262 g/mol. The van der Waals surface area contributed by atoms with Gasteiger partial charge in [0.25, 0.3) is 0 Å². The first-order chi connectivity index (χ1) is 10.3. The average Bonchev–Trinajstić information content (AvgIpc) is 2.51. The highest BCUT2D eigenvalue weighted by atomic mass is 16.5. The molecule has 1 aromatic rings. The molecule has 0 saturated heterocycles. The average molecular weight is 293 g/mol. The Labute approximate surface area is 130 Å². The van der Waals surface area contributed by atoms with Gasteiger partial charge in [0.2, 0.25) is 0 Å². The maximum absolute atomic E-state index is 5.98. The monoisotopic (exact) mass is 293 g/mol. The Morgan fingerprint density at radius 3 is 2.48 bits per heavy atom. The third-order valence-corrected chi connectivity index (χ3v) is 3.33. The SMILES string of the molecule is CCCCCCOc1cc(OCCC)ccc1CNCC. The van der Waals surface area contributed by atoms with Crippen molar-refractivity contribution in [2.75, 3.05) is 19.8 Å². The molecule has 0 atom stereocenters. The van der Waals surface area contributed by atoms with Crippen LogP contribution < -0.4 is 14.8 Å². The predicted molar refractivity (Wildman–Crippen MR) is 89.2 cm³/mol. The van der Waals surface area contributed by atoms with Gasteiger partial charge in [0.15, 0.2) is 0 Å². The van der Waals surface area contributed by atoms with Gasteiger partial charge in [-0.1, -0.05) is 46.1 Å². The molecule has 3 nitrogen and oxygen atoms in total. The summed E-state index contributed by atoms with van der Waals surface area (Å²) in [5.41, 5.74) is 1.20. The van der Waals surface area contributed by atoms with Crippen LogP contribution in [-0.2, 0) is 6.54 Å². The number of hydrogen-bond donors (Lipinski definition) is 1. The van der Waals surface area contributed by atoms with Crippen molar-refractivity contribution >= 4 is 0 Å². The highest BCUT2D eigenvalue weighted by Crippen LogP contribution is 2.25. The fraction of sp³-hybridized carbons (Fsp3) is 0.667.